The second-order valence-electron chi connectivity index (χ2n) is 2.41. The maximum atomic E-state index is 8.73. The summed E-state index contributed by atoms with van der Waals surface area (Å²) in [5, 5.41) is 9.59. The predicted octanol–water partition coefficient (Wildman–Crippen LogP) is 1.91. The number of fused-ring (bicyclic) bond motifs is 1. The normalized spacial score (nSPS) is 9.58. The van der Waals surface area contributed by atoms with Crippen LogP contribution in [0.2, 0.25) is 0 Å². The van der Waals surface area contributed by atoms with Gasteiger partial charge in [0.25, 0.3) is 0 Å². The van der Waals surface area contributed by atoms with Crippen molar-refractivity contribution in [1.82, 2.24) is 4.98 Å². The van der Waals surface area contributed by atoms with Crippen LogP contribution in [0.3, 0.4) is 0 Å². The van der Waals surface area contributed by atoms with E-state index in [0.29, 0.717) is 5.56 Å². The molecule has 2 aromatic rings. The fourth-order valence-corrected chi connectivity index (χ4v) is 1.13. The van der Waals surface area contributed by atoms with Gasteiger partial charge in [-0.25, -0.2) is 0 Å². The van der Waals surface area contributed by atoms with E-state index in [2.05, 4.69) is 17.1 Å². The van der Waals surface area contributed by atoms with Gasteiger partial charge in [-0.05, 0) is 6.07 Å². The zero-order valence-corrected chi connectivity index (χ0v) is 6.28. The topological polar surface area (TPSA) is 36.7 Å². The van der Waals surface area contributed by atoms with Gasteiger partial charge in [0.05, 0.1) is 11.1 Å². The van der Waals surface area contributed by atoms with Crippen LogP contribution in [0, 0.1) is 17.4 Å². The van der Waals surface area contributed by atoms with E-state index in [0.717, 1.165) is 10.9 Å². The third kappa shape index (κ3) is 0.923. The van der Waals surface area contributed by atoms with Gasteiger partial charge in [0.15, 0.2) is 0 Å². The molecule has 0 atom stereocenters. The fourth-order valence-electron chi connectivity index (χ4n) is 1.13. The maximum Gasteiger partial charge on any atom is 0.101 e. The summed E-state index contributed by atoms with van der Waals surface area (Å²) in [5.41, 5.74) is 1.40. The average molecular weight is 153 g/mol. The van der Waals surface area contributed by atoms with Crippen LogP contribution in [-0.2, 0) is 0 Å². The second kappa shape index (κ2) is 2.63. The first kappa shape index (κ1) is 6.81. The Bertz CT molecular complexity index is 449. The van der Waals surface area contributed by atoms with Crippen LogP contribution in [0.25, 0.3) is 10.9 Å². The maximum absolute atomic E-state index is 8.73. The molecular formula is C10H5N2. The van der Waals surface area contributed by atoms with Crippen molar-refractivity contribution in [2.75, 3.05) is 0 Å². The van der Waals surface area contributed by atoms with E-state index in [1.807, 2.05) is 24.3 Å². The van der Waals surface area contributed by atoms with Gasteiger partial charge in [0, 0.05) is 17.6 Å². The molecule has 0 bridgehead atoms. The van der Waals surface area contributed by atoms with Gasteiger partial charge < -0.3 is 0 Å². The molecule has 0 spiro atoms. The monoisotopic (exact) mass is 153 g/mol. The standard InChI is InChI=1S/C10H5N2/c11-7-8-5-6-12-10-4-2-1-3-9(8)10/h1-4,6H. The molecule has 2 heteroatoms. The first-order valence-corrected chi connectivity index (χ1v) is 3.57. The van der Waals surface area contributed by atoms with Crippen molar-refractivity contribution in [3.8, 4) is 6.07 Å². The second-order valence-corrected chi connectivity index (χ2v) is 2.41. The van der Waals surface area contributed by atoms with Crippen LogP contribution in [0.1, 0.15) is 5.56 Å². The molecule has 1 radical (unpaired) electrons. The molecular weight excluding hydrogens is 148 g/mol. The van der Waals surface area contributed by atoms with Crippen molar-refractivity contribution in [3.63, 3.8) is 0 Å². The van der Waals surface area contributed by atoms with Gasteiger partial charge in [-0.1, -0.05) is 18.2 Å². The molecule has 1 aromatic heterocycles. The number of nitrogens with zero attached hydrogens (tertiary/aromatic N) is 2. The van der Waals surface area contributed by atoms with Crippen molar-refractivity contribution in [2.45, 2.75) is 0 Å². The van der Waals surface area contributed by atoms with Crippen LogP contribution in [-0.4, -0.2) is 4.98 Å². The van der Waals surface area contributed by atoms with Gasteiger partial charge in [0.2, 0.25) is 0 Å². The molecule has 0 amide bonds. The minimum atomic E-state index is 0.556. The number of para-hydroxylation sites is 1. The third-order valence-corrected chi connectivity index (χ3v) is 1.70. The van der Waals surface area contributed by atoms with Crippen molar-refractivity contribution in [3.05, 3.63) is 42.1 Å². The average Bonchev–Trinajstić information content (AvgIpc) is 2.17. The summed E-state index contributed by atoms with van der Waals surface area (Å²) in [5.74, 6) is 0. The number of hydrogen-bond acceptors (Lipinski definition) is 2. The highest BCUT2D eigenvalue weighted by molar-refractivity contribution is 5.83. The van der Waals surface area contributed by atoms with E-state index in [1.54, 1.807) is 0 Å². The number of rotatable bonds is 0. The Kier molecular flexibility index (Phi) is 1.49. The Balaban J connectivity index is 2.91. The zero-order valence-electron chi connectivity index (χ0n) is 6.28. The van der Waals surface area contributed by atoms with Gasteiger partial charge in [0.1, 0.15) is 6.07 Å². The molecule has 0 fully saturated rings. The summed E-state index contributed by atoms with van der Waals surface area (Å²) < 4.78 is 0. The first-order chi connectivity index (χ1) is 5.92. The SMILES string of the molecule is N#Cc1[c]cnc2ccccc12. The lowest BCUT2D eigenvalue weighted by Crippen LogP contribution is -1.82. The predicted molar refractivity (Wildman–Crippen MR) is 45.3 cm³/mol. The summed E-state index contributed by atoms with van der Waals surface area (Å²) in [6.45, 7) is 0. The van der Waals surface area contributed by atoms with E-state index in [-0.39, 0.29) is 0 Å². The van der Waals surface area contributed by atoms with Gasteiger partial charge in [-0.15, -0.1) is 0 Å². The van der Waals surface area contributed by atoms with Gasteiger partial charge in [-0.3, -0.25) is 4.98 Å². The van der Waals surface area contributed by atoms with E-state index < -0.39 is 0 Å². The third-order valence-electron chi connectivity index (χ3n) is 1.70. The summed E-state index contributed by atoms with van der Waals surface area (Å²) >= 11 is 0. The van der Waals surface area contributed by atoms with Gasteiger partial charge in [-0.2, -0.15) is 5.26 Å². The smallest absolute Gasteiger partial charge is 0.101 e. The Morgan fingerprint density at radius 3 is 3.00 bits per heavy atom. The zero-order chi connectivity index (χ0) is 8.39. The molecule has 1 heterocycles. The highest BCUT2D eigenvalue weighted by atomic mass is 14.6. The van der Waals surface area contributed by atoms with E-state index >= 15 is 0 Å². The molecule has 0 unspecified atom stereocenters. The van der Waals surface area contributed by atoms with Crippen LogP contribution < -0.4 is 0 Å². The van der Waals surface area contributed by atoms with Crippen LogP contribution in [0.4, 0.5) is 0 Å². The van der Waals surface area contributed by atoms with E-state index in [1.165, 1.54) is 6.20 Å². The number of aromatic nitrogens is 1. The number of hydrogen-bond donors (Lipinski definition) is 0. The largest absolute Gasteiger partial charge is 0.256 e. The van der Waals surface area contributed by atoms with Crippen LogP contribution >= 0.6 is 0 Å². The first-order valence-electron chi connectivity index (χ1n) is 3.57. The Morgan fingerprint density at radius 2 is 2.17 bits per heavy atom. The Labute approximate surface area is 70.1 Å². The van der Waals surface area contributed by atoms with Crippen LogP contribution in [0.15, 0.2) is 30.5 Å². The molecule has 0 aliphatic rings. The molecule has 0 saturated heterocycles. The summed E-state index contributed by atoms with van der Waals surface area (Å²) in [6, 6.07) is 12.4. The molecule has 2 nitrogen and oxygen atoms in total. The van der Waals surface area contributed by atoms with Crippen molar-refractivity contribution < 1.29 is 0 Å². The fraction of sp³-hybridized carbons (Fsp3) is 0. The van der Waals surface area contributed by atoms with E-state index in [9.17, 15) is 0 Å². The lowest BCUT2D eigenvalue weighted by atomic mass is 10.1. The van der Waals surface area contributed by atoms with Crippen molar-refractivity contribution >= 4 is 10.9 Å². The number of pyridine rings is 1. The molecule has 55 valence electrons. The lowest BCUT2D eigenvalue weighted by Gasteiger charge is -1.95. The minimum Gasteiger partial charge on any atom is -0.256 e. The Hall–Kier alpha value is -1.88. The molecule has 0 saturated carbocycles. The summed E-state index contributed by atoms with van der Waals surface area (Å²) in [6.07, 6.45) is 1.53. The molecule has 12 heavy (non-hydrogen) atoms. The van der Waals surface area contributed by atoms with Crippen LogP contribution in [0.5, 0.6) is 0 Å². The summed E-state index contributed by atoms with van der Waals surface area (Å²) in [7, 11) is 0. The molecule has 2 rings (SSSR count). The number of benzene rings is 1. The van der Waals surface area contributed by atoms with E-state index in [4.69, 9.17) is 5.26 Å². The molecule has 0 aliphatic heterocycles. The minimum absolute atomic E-state index is 0.556. The lowest BCUT2D eigenvalue weighted by molar-refractivity contribution is 1.38. The quantitative estimate of drug-likeness (QED) is 0.579. The highest BCUT2D eigenvalue weighted by Crippen LogP contribution is 2.13. The van der Waals surface area contributed by atoms with Crippen molar-refractivity contribution in [1.29, 1.82) is 5.26 Å². The van der Waals surface area contributed by atoms with Gasteiger partial charge >= 0.3 is 0 Å². The highest BCUT2D eigenvalue weighted by Gasteiger charge is 1.98. The Morgan fingerprint density at radius 1 is 1.33 bits per heavy atom. The van der Waals surface area contributed by atoms with Crippen molar-refractivity contribution in [2.24, 2.45) is 0 Å². The molecule has 0 N–H and O–H groups in total. The number of nitriles is 1. The molecule has 0 aliphatic carbocycles. The molecule has 1 aromatic carbocycles. The summed E-state index contributed by atoms with van der Waals surface area (Å²) in [4.78, 5) is 4.08.